The Morgan fingerprint density at radius 3 is 2.10 bits per heavy atom. The maximum Gasteiger partial charge on any atom is 0.0630 e. The summed E-state index contributed by atoms with van der Waals surface area (Å²) in [6.07, 6.45) is 0. The molecule has 2 N–H and O–H groups in total. The molecule has 3 heteroatoms. The van der Waals surface area contributed by atoms with Crippen molar-refractivity contribution in [2.75, 3.05) is 26.3 Å². The van der Waals surface area contributed by atoms with E-state index in [1.165, 1.54) is 0 Å². The Morgan fingerprint density at radius 2 is 1.80 bits per heavy atom. The van der Waals surface area contributed by atoms with E-state index in [-0.39, 0.29) is 5.66 Å². The van der Waals surface area contributed by atoms with Crippen LogP contribution in [-0.2, 0) is 4.74 Å². The van der Waals surface area contributed by atoms with Crippen LogP contribution in [0.4, 0.5) is 0 Å². The van der Waals surface area contributed by atoms with Gasteiger partial charge < -0.3 is 10.5 Å². The maximum absolute atomic E-state index is 5.88. The van der Waals surface area contributed by atoms with Gasteiger partial charge in [-0.05, 0) is 13.8 Å². The molecule has 0 amide bonds. The van der Waals surface area contributed by atoms with E-state index in [0.29, 0.717) is 0 Å². The van der Waals surface area contributed by atoms with Crippen LogP contribution >= 0.6 is 0 Å². The summed E-state index contributed by atoms with van der Waals surface area (Å²) in [6, 6.07) is 0. The minimum atomic E-state index is -0.177. The third kappa shape index (κ3) is 1.94. The number of hydrogen-bond donors (Lipinski definition) is 1. The van der Waals surface area contributed by atoms with Gasteiger partial charge >= 0.3 is 0 Å². The Morgan fingerprint density at radius 1 is 1.30 bits per heavy atom. The Hall–Kier alpha value is -0.120. The van der Waals surface area contributed by atoms with Gasteiger partial charge in [0.25, 0.3) is 0 Å². The molecule has 10 heavy (non-hydrogen) atoms. The first-order chi connectivity index (χ1) is 4.61. The first-order valence-corrected chi connectivity index (χ1v) is 3.72. The minimum Gasteiger partial charge on any atom is -0.379 e. The molecule has 1 heterocycles. The molecule has 1 saturated heterocycles. The molecule has 60 valence electrons. The maximum atomic E-state index is 5.88. The molecule has 1 fully saturated rings. The lowest BCUT2D eigenvalue weighted by Gasteiger charge is -2.37. The highest BCUT2D eigenvalue weighted by molar-refractivity contribution is 4.75. The van der Waals surface area contributed by atoms with Crippen molar-refractivity contribution in [3.05, 3.63) is 0 Å². The van der Waals surface area contributed by atoms with Crippen molar-refractivity contribution in [2.45, 2.75) is 19.5 Å². The van der Waals surface area contributed by atoms with Gasteiger partial charge in [-0.25, -0.2) is 0 Å². The van der Waals surface area contributed by atoms with E-state index in [9.17, 15) is 0 Å². The molecule has 1 aliphatic rings. The standard InChI is InChI=1S/C7H16N2O/c1-7(2,8)9-3-5-10-6-4-9/h3-6,8H2,1-2H3. The fraction of sp³-hybridized carbons (Fsp3) is 1.00. The molecular weight excluding hydrogens is 128 g/mol. The summed E-state index contributed by atoms with van der Waals surface area (Å²) in [5.74, 6) is 0. The molecule has 0 radical (unpaired) electrons. The second-order valence-corrected chi connectivity index (χ2v) is 3.25. The van der Waals surface area contributed by atoms with E-state index >= 15 is 0 Å². The van der Waals surface area contributed by atoms with Crippen LogP contribution in [0.25, 0.3) is 0 Å². The van der Waals surface area contributed by atoms with Crippen LogP contribution in [0, 0.1) is 0 Å². The number of ether oxygens (including phenoxy) is 1. The zero-order valence-electron chi connectivity index (χ0n) is 6.76. The summed E-state index contributed by atoms with van der Waals surface area (Å²) in [4.78, 5) is 2.23. The largest absolute Gasteiger partial charge is 0.379 e. The molecule has 0 aromatic carbocycles. The average molecular weight is 144 g/mol. The number of morpholine rings is 1. The highest BCUT2D eigenvalue weighted by Gasteiger charge is 2.22. The first-order valence-electron chi connectivity index (χ1n) is 3.72. The van der Waals surface area contributed by atoms with Crippen LogP contribution in [0.3, 0.4) is 0 Å². The number of nitrogens with zero attached hydrogens (tertiary/aromatic N) is 1. The number of hydrogen-bond acceptors (Lipinski definition) is 3. The third-order valence-corrected chi connectivity index (χ3v) is 1.83. The van der Waals surface area contributed by atoms with E-state index < -0.39 is 0 Å². The van der Waals surface area contributed by atoms with Crippen molar-refractivity contribution in [3.63, 3.8) is 0 Å². The van der Waals surface area contributed by atoms with E-state index in [4.69, 9.17) is 10.5 Å². The van der Waals surface area contributed by atoms with Crippen LogP contribution < -0.4 is 5.73 Å². The van der Waals surface area contributed by atoms with E-state index in [2.05, 4.69) is 4.90 Å². The molecule has 0 saturated carbocycles. The lowest BCUT2D eigenvalue weighted by molar-refractivity contribution is -0.00790. The number of rotatable bonds is 1. The smallest absolute Gasteiger partial charge is 0.0630 e. The van der Waals surface area contributed by atoms with Gasteiger partial charge in [0.1, 0.15) is 0 Å². The third-order valence-electron chi connectivity index (χ3n) is 1.83. The average Bonchev–Trinajstić information content (AvgIpc) is 1.88. The second kappa shape index (κ2) is 2.86. The Labute approximate surface area is 62.1 Å². The fourth-order valence-corrected chi connectivity index (χ4v) is 1.14. The molecule has 0 unspecified atom stereocenters. The molecule has 0 spiro atoms. The SMILES string of the molecule is CC(C)(N)N1CCOCC1. The van der Waals surface area contributed by atoms with Crippen LogP contribution in [0.1, 0.15) is 13.8 Å². The summed E-state index contributed by atoms with van der Waals surface area (Å²) < 4.78 is 5.20. The van der Waals surface area contributed by atoms with Crippen LogP contribution in [-0.4, -0.2) is 36.9 Å². The minimum absolute atomic E-state index is 0.177. The van der Waals surface area contributed by atoms with E-state index in [1.807, 2.05) is 13.8 Å². The predicted molar refractivity (Wildman–Crippen MR) is 40.7 cm³/mol. The van der Waals surface area contributed by atoms with E-state index in [1.54, 1.807) is 0 Å². The summed E-state index contributed by atoms with van der Waals surface area (Å²) in [7, 11) is 0. The Balaban J connectivity index is 2.39. The van der Waals surface area contributed by atoms with Crippen molar-refractivity contribution < 1.29 is 4.74 Å². The van der Waals surface area contributed by atoms with Crippen molar-refractivity contribution in [1.82, 2.24) is 4.90 Å². The highest BCUT2D eigenvalue weighted by Crippen LogP contribution is 2.08. The van der Waals surface area contributed by atoms with Crippen LogP contribution in [0.5, 0.6) is 0 Å². The molecule has 0 aliphatic carbocycles. The van der Waals surface area contributed by atoms with Gasteiger partial charge in [0.05, 0.1) is 18.9 Å². The van der Waals surface area contributed by atoms with Gasteiger partial charge in [-0.2, -0.15) is 0 Å². The summed E-state index contributed by atoms with van der Waals surface area (Å²) in [6.45, 7) is 7.62. The molecule has 0 atom stereocenters. The Bertz CT molecular complexity index is 103. The van der Waals surface area contributed by atoms with Gasteiger partial charge in [0.15, 0.2) is 0 Å². The quantitative estimate of drug-likeness (QED) is 0.563. The molecule has 1 aliphatic heterocycles. The summed E-state index contributed by atoms with van der Waals surface area (Å²) in [5, 5.41) is 0. The predicted octanol–water partition coefficient (Wildman–Crippen LogP) is 0.0134. The zero-order valence-corrected chi connectivity index (χ0v) is 6.76. The lowest BCUT2D eigenvalue weighted by atomic mass is 10.2. The van der Waals surface area contributed by atoms with Gasteiger partial charge in [0, 0.05) is 13.1 Å². The van der Waals surface area contributed by atoms with Crippen molar-refractivity contribution >= 4 is 0 Å². The monoisotopic (exact) mass is 144 g/mol. The molecule has 1 rings (SSSR count). The van der Waals surface area contributed by atoms with Crippen LogP contribution in [0.15, 0.2) is 0 Å². The molecular formula is C7H16N2O. The lowest BCUT2D eigenvalue weighted by Crippen LogP contribution is -2.55. The molecule has 0 aromatic rings. The topological polar surface area (TPSA) is 38.5 Å². The fourth-order valence-electron chi connectivity index (χ4n) is 1.14. The van der Waals surface area contributed by atoms with Gasteiger partial charge in [-0.1, -0.05) is 0 Å². The zero-order chi connectivity index (χ0) is 7.61. The molecule has 3 nitrogen and oxygen atoms in total. The number of nitrogens with two attached hydrogens (primary N) is 1. The van der Waals surface area contributed by atoms with Crippen molar-refractivity contribution in [3.8, 4) is 0 Å². The van der Waals surface area contributed by atoms with Gasteiger partial charge in [0.2, 0.25) is 0 Å². The van der Waals surface area contributed by atoms with Gasteiger partial charge in [-0.3, -0.25) is 4.90 Å². The Kier molecular flexibility index (Phi) is 2.28. The summed E-state index contributed by atoms with van der Waals surface area (Å²) in [5.41, 5.74) is 5.70. The highest BCUT2D eigenvalue weighted by atomic mass is 16.5. The summed E-state index contributed by atoms with van der Waals surface area (Å²) >= 11 is 0. The molecule has 0 aromatic heterocycles. The second-order valence-electron chi connectivity index (χ2n) is 3.25. The van der Waals surface area contributed by atoms with Crippen molar-refractivity contribution in [1.29, 1.82) is 0 Å². The van der Waals surface area contributed by atoms with Gasteiger partial charge in [-0.15, -0.1) is 0 Å². The van der Waals surface area contributed by atoms with Crippen molar-refractivity contribution in [2.24, 2.45) is 5.73 Å². The van der Waals surface area contributed by atoms with Crippen LogP contribution in [0.2, 0.25) is 0 Å². The van der Waals surface area contributed by atoms with E-state index in [0.717, 1.165) is 26.3 Å². The normalized spacial score (nSPS) is 23.1. The first kappa shape index (κ1) is 7.98. The molecule has 0 bridgehead atoms.